The number of nitrogens with zero attached hydrogens (tertiary/aromatic N) is 2. The number of carbonyl (C=O) groups excluding carboxylic acids is 2. The summed E-state index contributed by atoms with van der Waals surface area (Å²) in [5, 5.41) is 9.00. The van der Waals surface area contributed by atoms with Gasteiger partial charge < -0.3 is 24.1 Å². The van der Waals surface area contributed by atoms with Gasteiger partial charge in [-0.2, -0.15) is 0 Å². The first-order valence-corrected chi connectivity index (χ1v) is 7.48. The van der Waals surface area contributed by atoms with Gasteiger partial charge in [-0.25, -0.2) is 4.79 Å². The maximum Gasteiger partial charge on any atom is 0.334 e. The van der Waals surface area contributed by atoms with E-state index < -0.39 is 18.0 Å². The Morgan fingerprint density at radius 3 is 2.87 bits per heavy atom. The van der Waals surface area contributed by atoms with Crippen molar-refractivity contribution in [3.8, 4) is 0 Å². The van der Waals surface area contributed by atoms with E-state index in [1.165, 1.54) is 11.2 Å². The van der Waals surface area contributed by atoms with Gasteiger partial charge in [0.25, 0.3) is 0 Å². The molecule has 3 rings (SSSR count). The fourth-order valence-corrected chi connectivity index (χ4v) is 2.94. The molecule has 1 N–H and O–H groups in total. The average molecular weight is 322 g/mol. The molecule has 1 aromatic heterocycles. The molecule has 1 aromatic rings. The van der Waals surface area contributed by atoms with Crippen molar-refractivity contribution in [2.75, 3.05) is 26.2 Å². The predicted octanol–water partition coefficient (Wildman–Crippen LogP) is -0.0599. The summed E-state index contributed by atoms with van der Waals surface area (Å²) in [5.41, 5.74) is 0. The maximum atomic E-state index is 12.5. The molecular weight excluding hydrogens is 304 g/mol. The highest BCUT2D eigenvalue weighted by Crippen LogP contribution is 2.23. The summed E-state index contributed by atoms with van der Waals surface area (Å²) in [4.78, 5) is 38.7. The molecule has 2 saturated heterocycles. The van der Waals surface area contributed by atoms with Crippen molar-refractivity contribution in [1.29, 1.82) is 0 Å². The zero-order valence-electron chi connectivity index (χ0n) is 12.5. The van der Waals surface area contributed by atoms with Crippen LogP contribution in [0.4, 0.5) is 0 Å². The van der Waals surface area contributed by atoms with Gasteiger partial charge in [0.2, 0.25) is 11.8 Å². The third kappa shape index (κ3) is 3.37. The van der Waals surface area contributed by atoms with Crippen LogP contribution in [0.5, 0.6) is 0 Å². The number of carboxylic acids is 1. The summed E-state index contributed by atoms with van der Waals surface area (Å²) in [6.45, 7) is 1.24. The first-order valence-electron chi connectivity index (χ1n) is 7.48. The maximum absolute atomic E-state index is 12.5. The normalized spacial score (nSPS) is 25.0. The second kappa shape index (κ2) is 6.41. The summed E-state index contributed by atoms with van der Waals surface area (Å²) < 4.78 is 10.3. The molecule has 8 heteroatoms. The van der Waals surface area contributed by atoms with Crippen LogP contribution in [0.2, 0.25) is 0 Å². The van der Waals surface area contributed by atoms with Crippen LogP contribution in [0, 0.1) is 5.92 Å². The lowest BCUT2D eigenvalue weighted by Gasteiger charge is -2.32. The molecule has 0 spiro atoms. The molecule has 0 aliphatic carbocycles. The number of amides is 2. The Hall–Kier alpha value is -2.35. The largest absolute Gasteiger partial charge is 0.479 e. The molecule has 2 aliphatic rings. The molecule has 8 nitrogen and oxygen atoms in total. The fourth-order valence-electron chi connectivity index (χ4n) is 2.94. The highest BCUT2D eigenvalue weighted by Gasteiger charge is 2.39. The van der Waals surface area contributed by atoms with E-state index in [0.717, 1.165) is 0 Å². The highest BCUT2D eigenvalue weighted by molar-refractivity contribution is 5.89. The zero-order chi connectivity index (χ0) is 16.4. The zero-order valence-corrected chi connectivity index (χ0v) is 12.5. The lowest BCUT2D eigenvalue weighted by atomic mass is 10.1. The number of hydrogen-bond acceptors (Lipinski definition) is 5. The Bertz CT molecular complexity index is 599. The number of rotatable bonds is 4. The number of carbonyl (C=O) groups is 3. The van der Waals surface area contributed by atoms with E-state index in [2.05, 4.69) is 0 Å². The van der Waals surface area contributed by atoms with Gasteiger partial charge in [-0.1, -0.05) is 0 Å². The molecule has 2 aliphatic heterocycles. The van der Waals surface area contributed by atoms with Crippen molar-refractivity contribution < 1.29 is 28.6 Å². The molecule has 2 amide bonds. The van der Waals surface area contributed by atoms with Crippen LogP contribution in [0.3, 0.4) is 0 Å². The van der Waals surface area contributed by atoms with Crippen molar-refractivity contribution in [2.24, 2.45) is 5.92 Å². The first-order chi connectivity index (χ1) is 11.0. The fraction of sp³-hybridized carbons (Fsp3) is 0.533. The number of likely N-dealkylation sites (tertiary alicyclic amines) is 1. The van der Waals surface area contributed by atoms with E-state index in [-0.39, 0.29) is 31.4 Å². The van der Waals surface area contributed by atoms with E-state index in [4.69, 9.17) is 14.3 Å². The summed E-state index contributed by atoms with van der Waals surface area (Å²) in [7, 11) is 0. The van der Waals surface area contributed by atoms with Crippen LogP contribution < -0.4 is 0 Å². The second-order valence-corrected chi connectivity index (χ2v) is 5.74. The van der Waals surface area contributed by atoms with E-state index in [1.807, 2.05) is 0 Å². The molecule has 124 valence electrons. The lowest BCUT2D eigenvalue weighted by molar-refractivity contribution is -0.160. The Labute approximate surface area is 132 Å². The minimum atomic E-state index is -1.08. The molecular formula is C15H18N2O6. The number of morpholine rings is 1. The monoisotopic (exact) mass is 322 g/mol. The average Bonchev–Trinajstić information content (AvgIpc) is 3.17. The second-order valence-electron chi connectivity index (χ2n) is 5.74. The molecule has 0 bridgehead atoms. The Kier molecular flexibility index (Phi) is 4.33. The predicted molar refractivity (Wildman–Crippen MR) is 76.2 cm³/mol. The van der Waals surface area contributed by atoms with E-state index >= 15 is 0 Å². The third-order valence-electron chi connectivity index (χ3n) is 4.14. The summed E-state index contributed by atoms with van der Waals surface area (Å²) in [6, 6.07) is 3.53. The Balaban J connectivity index is 1.60. The number of ether oxygens (including phenoxy) is 1. The smallest absolute Gasteiger partial charge is 0.334 e. The van der Waals surface area contributed by atoms with Crippen LogP contribution in [0.15, 0.2) is 22.8 Å². The Morgan fingerprint density at radius 2 is 2.17 bits per heavy atom. The van der Waals surface area contributed by atoms with Gasteiger partial charge in [0.1, 0.15) is 5.76 Å². The molecule has 0 saturated carbocycles. The van der Waals surface area contributed by atoms with Gasteiger partial charge in [-0.3, -0.25) is 9.59 Å². The van der Waals surface area contributed by atoms with Gasteiger partial charge in [0, 0.05) is 19.5 Å². The van der Waals surface area contributed by atoms with Crippen molar-refractivity contribution in [1.82, 2.24) is 9.80 Å². The SMILES string of the molecule is O=C(O)C1CN(C(=O)C2CC(=O)N(Cc3ccco3)C2)CCO1. The first kappa shape index (κ1) is 15.5. The molecule has 23 heavy (non-hydrogen) atoms. The number of hydrogen-bond donors (Lipinski definition) is 1. The van der Waals surface area contributed by atoms with E-state index in [0.29, 0.717) is 25.4 Å². The van der Waals surface area contributed by atoms with Gasteiger partial charge in [-0.05, 0) is 12.1 Å². The topological polar surface area (TPSA) is 100 Å². The number of aliphatic carboxylic acids is 1. The standard InChI is InChI=1S/C15H18N2O6/c18-13-6-10(7-17(13)8-11-2-1-4-22-11)14(19)16-3-5-23-12(9-16)15(20)21/h1-2,4,10,12H,3,5-9H2,(H,20,21). The van der Waals surface area contributed by atoms with Crippen molar-refractivity contribution in [3.05, 3.63) is 24.2 Å². The minimum absolute atomic E-state index is 0.0248. The molecule has 0 aromatic carbocycles. The van der Waals surface area contributed by atoms with Crippen LogP contribution in [-0.2, 0) is 25.7 Å². The summed E-state index contributed by atoms with van der Waals surface area (Å²) in [5.74, 6) is -1.13. The Morgan fingerprint density at radius 1 is 1.35 bits per heavy atom. The lowest BCUT2D eigenvalue weighted by Crippen LogP contribution is -2.50. The van der Waals surface area contributed by atoms with Crippen molar-refractivity contribution in [2.45, 2.75) is 19.1 Å². The van der Waals surface area contributed by atoms with E-state index in [1.54, 1.807) is 17.0 Å². The van der Waals surface area contributed by atoms with Gasteiger partial charge in [0.05, 0.1) is 31.9 Å². The molecule has 0 radical (unpaired) electrons. The molecule has 2 unspecified atom stereocenters. The quantitative estimate of drug-likeness (QED) is 0.833. The number of furan rings is 1. The molecule has 2 atom stereocenters. The van der Waals surface area contributed by atoms with Crippen molar-refractivity contribution >= 4 is 17.8 Å². The van der Waals surface area contributed by atoms with Gasteiger partial charge in [0.15, 0.2) is 6.10 Å². The van der Waals surface area contributed by atoms with Crippen LogP contribution >= 0.6 is 0 Å². The van der Waals surface area contributed by atoms with Crippen molar-refractivity contribution in [3.63, 3.8) is 0 Å². The van der Waals surface area contributed by atoms with Crippen LogP contribution in [0.1, 0.15) is 12.2 Å². The third-order valence-corrected chi connectivity index (χ3v) is 4.14. The minimum Gasteiger partial charge on any atom is -0.479 e. The molecule has 2 fully saturated rings. The highest BCUT2D eigenvalue weighted by atomic mass is 16.5. The van der Waals surface area contributed by atoms with E-state index in [9.17, 15) is 14.4 Å². The molecule has 3 heterocycles. The van der Waals surface area contributed by atoms with Crippen LogP contribution in [-0.4, -0.2) is 65.0 Å². The number of carboxylic acid groups (broad SMARTS) is 1. The van der Waals surface area contributed by atoms with Crippen LogP contribution in [0.25, 0.3) is 0 Å². The van der Waals surface area contributed by atoms with Gasteiger partial charge >= 0.3 is 5.97 Å². The summed E-state index contributed by atoms with van der Waals surface area (Å²) in [6.07, 6.45) is 0.691. The van der Waals surface area contributed by atoms with Gasteiger partial charge in [-0.15, -0.1) is 0 Å². The summed E-state index contributed by atoms with van der Waals surface area (Å²) >= 11 is 0.